The average Bonchev–Trinajstić information content (AvgIpc) is 2.60. The summed E-state index contributed by atoms with van der Waals surface area (Å²) < 4.78 is 0. The van der Waals surface area contributed by atoms with Crippen molar-refractivity contribution in [3.8, 4) is 0 Å². The summed E-state index contributed by atoms with van der Waals surface area (Å²) in [6, 6.07) is 0.120. The van der Waals surface area contributed by atoms with Crippen LogP contribution in [0.15, 0.2) is 0 Å². The Kier molecular flexibility index (Phi) is 4.35. The van der Waals surface area contributed by atoms with Gasteiger partial charge in [-0.3, -0.25) is 9.69 Å². The lowest BCUT2D eigenvalue weighted by atomic mass is 10.2. The molecular formula is C10H21N3O. The number of carbonyl (C=O) groups excluding carboxylic acids is 1. The number of rotatable bonds is 4. The minimum absolute atomic E-state index is 0.0482. The highest BCUT2D eigenvalue weighted by atomic mass is 16.2. The highest BCUT2D eigenvalue weighted by molar-refractivity contribution is 5.80. The van der Waals surface area contributed by atoms with E-state index >= 15 is 0 Å². The standard InChI is InChI=1S/C10H21N3O/c1-3-13-6-4-5-9(13)7-12-10(14)8(2)11/h8-9H,3-7,11H2,1-2H3,(H,12,14). The third-order valence-electron chi connectivity index (χ3n) is 2.83. The average molecular weight is 199 g/mol. The lowest BCUT2D eigenvalue weighted by Gasteiger charge is -2.23. The first kappa shape index (κ1) is 11.5. The first-order valence-electron chi connectivity index (χ1n) is 5.42. The van der Waals surface area contributed by atoms with E-state index in [-0.39, 0.29) is 5.91 Å². The predicted molar refractivity (Wildman–Crippen MR) is 56.9 cm³/mol. The summed E-state index contributed by atoms with van der Waals surface area (Å²) >= 11 is 0. The Bertz CT molecular complexity index is 194. The lowest BCUT2D eigenvalue weighted by Crippen LogP contribution is -2.45. The van der Waals surface area contributed by atoms with E-state index in [1.54, 1.807) is 6.92 Å². The number of nitrogens with one attached hydrogen (secondary N) is 1. The zero-order chi connectivity index (χ0) is 10.6. The quantitative estimate of drug-likeness (QED) is 0.666. The van der Waals surface area contributed by atoms with E-state index in [1.165, 1.54) is 12.8 Å². The minimum atomic E-state index is -0.397. The molecule has 1 rings (SSSR count). The van der Waals surface area contributed by atoms with Gasteiger partial charge < -0.3 is 11.1 Å². The number of nitrogens with zero attached hydrogens (tertiary/aromatic N) is 1. The van der Waals surface area contributed by atoms with Gasteiger partial charge in [-0.1, -0.05) is 6.92 Å². The molecule has 0 aromatic heterocycles. The molecule has 14 heavy (non-hydrogen) atoms. The van der Waals surface area contributed by atoms with Gasteiger partial charge in [0, 0.05) is 12.6 Å². The second kappa shape index (κ2) is 5.32. The molecule has 3 N–H and O–H groups in total. The SMILES string of the molecule is CCN1CCCC1CNC(=O)C(C)N. The van der Waals surface area contributed by atoms with Gasteiger partial charge in [0.25, 0.3) is 0 Å². The van der Waals surface area contributed by atoms with E-state index in [4.69, 9.17) is 5.73 Å². The topological polar surface area (TPSA) is 58.4 Å². The van der Waals surface area contributed by atoms with Crippen LogP contribution in [0.2, 0.25) is 0 Å². The Morgan fingerprint density at radius 1 is 1.71 bits per heavy atom. The normalized spacial score (nSPS) is 24.9. The number of nitrogens with two attached hydrogens (primary N) is 1. The summed E-state index contributed by atoms with van der Waals surface area (Å²) in [5.74, 6) is -0.0482. The molecule has 1 aliphatic rings. The fraction of sp³-hybridized carbons (Fsp3) is 0.900. The molecule has 0 bridgehead atoms. The van der Waals surface area contributed by atoms with Gasteiger partial charge in [0.2, 0.25) is 5.91 Å². The van der Waals surface area contributed by atoms with Gasteiger partial charge in [-0.2, -0.15) is 0 Å². The third kappa shape index (κ3) is 2.96. The van der Waals surface area contributed by atoms with Crippen LogP contribution in [0.5, 0.6) is 0 Å². The van der Waals surface area contributed by atoms with Gasteiger partial charge >= 0.3 is 0 Å². The predicted octanol–water partition coefficient (Wildman–Crippen LogP) is -0.0659. The molecular weight excluding hydrogens is 178 g/mol. The highest BCUT2D eigenvalue weighted by Gasteiger charge is 2.23. The fourth-order valence-electron chi connectivity index (χ4n) is 1.92. The number of carbonyl (C=O) groups is 1. The molecule has 0 aromatic carbocycles. The zero-order valence-electron chi connectivity index (χ0n) is 9.12. The van der Waals surface area contributed by atoms with Crippen LogP contribution >= 0.6 is 0 Å². The summed E-state index contributed by atoms with van der Waals surface area (Å²) in [5, 5.41) is 2.88. The van der Waals surface area contributed by atoms with Crippen molar-refractivity contribution in [3.63, 3.8) is 0 Å². The van der Waals surface area contributed by atoms with Gasteiger partial charge in [-0.25, -0.2) is 0 Å². The first-order valence-corrected chi connectivity index (χ1v) is 5.42. The summed E-state index contributed by atoms with van der Waals surface area (Å²) in [4.78, 5) is 13.6. The van der Waals surface area contributed by atoms with Gasteiger partial charge in [0.05, 0.1) is 6.04 Å². The fourth-order valence-corrected chi connectivity index (χ4v) is 1.92. The molecule has 1 heterocycles. The number of amides is 1. The van der Waals surface area contributed by atoms with Crippen LogP contribution in [-0.4, -0.2) is 42.5 Å². The largest absolute Gasteiger partial charge is 0.353 e. The van der Waals surface area contributed by atoms with Crippen LogP contribution in [0.4, 0.5) is 0 Å². The van der Waals surface area contributed by atoms with Crippen molar-refractivity contribution in [1.82, 2.24) is 10.2 Å². The van der Waals surface area contributed by atoms with Crippen LogP contribution in [0.25, 0.3) is 0 Å². The van der Waals surface area contributed by atoms with E-state index in [1.807, 2.05) is 0 Å². The van der Waals surface area contributed by atoms with E-state index in [0.29, 0.717) is 6.04 Å². The molecule has 0 radical (unpaired) electrons. The third-order valence-corrected chi connectivity index (χ3v) is 2.83. The van der Waals surface area contributed by atoms with Crippen molar-refractivity contribution in [2.24, 2.45) is 5.73 Å². The van der Waals surface area contributed by atoms with Crippen LogP contribution in [0.3, 0.4) is 0 Å². The molecule has 82 valence electrons. The molecule has 1 amide bonds. The molecule has 0 spiro atoms. The van der Waals surface area contributed by atoms with Crippen LogP contribution in [-0.2, 0) is 4.79 Å². The maximum Gasteiger partial charge on any atom is 0.236 e. The van der Waals surface area contributed by atoms with Crippen LogP contribution in [0.1, 0.15) is 26.7 Å². The Hall–Kier alpha value is -0.610. The number of hydrogen-bond acceptors (Lipinski definition) is 3. The number of hydrogen-bond donors (Lipinski definition) is 2. The van der Waals surface area contributed by atoms with Gasteiger partial charge in [0.15, 0.2) is 0 Å². The second-order valence-electron chi connectivity index (χ2n) is 3.96. The lowest BCUT2D eigenvalue weighted by molar-refractivity contribution is -0.122. The Balaban J connectivity index is 2.27. The van der Waals surface area contributed by atoms with Crippen molar-refractivity contribution >= 4 is 5.91 Å². The summed E-state index contributed by atoms with van der Waals surface area (Å²) in [6.07, 6.45) is 2.43. The van der Waals surface area contributed by atoms with Crippen molar-refractivity contribution in [3.05, 3.63) is 0 Å². The summed E-state index contributed by atoms with van der Waals surface area (Å²) in [7, 11) is 0. The molecule has 4 nitrogen and oxygen atoms in total. The van der Waals surface area contributed by atoms with Crippen molar-refractivity contribution in [2.45, 2.75) is 38.8 Å². The van der Waals surface area contributed by atoms with Crippen molar-refractivity contribution in [2.75, 3.05) is 19.6 Å². The van der Waals surface area contributed by atoms with E-state index in [9.17, 15) is 4.79 Å². The van der Waals surface area contributed by atoms with E-state index in [2.05, 4.69) is 17.1 Å². The van der Waals surface area contributed by atoms with Crippen molar-refractivity contribution < 1.29 is 4.79 Å². The Morgan fingerprint density at radius 2 is 2.43 bits per heavy atom. The maximum absolute atomic E-state index is 11.2. The first-order chi connectivity index (χ1) is 6.65. The number of likely N-dealkylation sites (tertiary alicyclic amines) is 1. The van der Waals surface area contributed by atoms with E-state index < -0.39 is 6.04 Å². The van der Waals surface area contributed by atoms with Gasteiger partial charge in [-0.05, 0) is 32.9 Å². The minimum Gasteiger partial charge on any atom is -0.353 e. The van der Waals surface area contributed by atoms with Crippen molar-refractivity contribution in [1.29, 1.82) is 0 Å². The Morgan fingerprint density at radius 3 is 3.00 bits per heavy atom. The van der Waals surface area contributed by atoms with Crippen LogP contribution < -0.4 is 11.1 Å². The summed E-state index contributed by atoms with van der Waals surface area (Å²) in [5.41, 5.74) is 5.46. The van der Waals surface area contributed by atoms with Gasteiger partial charge in [0.1, 0.15) is 0 Å². The second-order valence-corrected chi connectivity index (χ2v) is 3.96. The highest BCUT2D eigenvalue weighted by Crippen LogP contribution is 2.15. The molecule has 1 saturated heterocycles. The molecule has 1 aliphatic heterocycles. The number of likely N-dealkylation sites (N-methyl/N-ethyl adjacent to an activating group) is 1. The smallest absolute Gasteiger partial charge is 0.236 e. The van der Waals surface area contributed by atoms with Crippen LogP contribution in [0, 0.1) is 0 Å². The maximum atomic E-state index is 11.2. The molecule has 0 aromatic rings. The molecule has 0 saturated carbocycles. The molecule has 4 heteroatoms. The molecule has 1 fully saturated rings. The molecule has 2 atom stereocenters. The van der Waals surface area contributed by atoms with E-state index in [0.717, 1.165) is 19.6 Å². The Labute approximate surface area is 85.8 Å². The summed E-state index contributed by atoms with van der Waals surface area (Å²) in [6.45, 7) is 6.84. The monoisotopic (exact) mass is 199 g/mol. The van der Waals surface area contributed by atoms with Gasteiger partial charge in [-0.15, -0.1) is 0 Å². The zero-order valence-corrected chi connectivity index (χ0v) is 9.12. The molecule has 0 aliphatic carbocycles. The molecule has 2 unspecified atom stereocenters.